The van der Waals surface area contributed by atoms with E-state index in [2.05, 4.69) is 35.2 Å². The Kier molecular flexibility index (Phi) is 3.55. The van der Waals surface area contributed by atoms with Crippen LogP contribution in [0.4, 0.5) is 0 Å². The van der Waals surface area contributed by atoms with Crippen LogP contribution in [0.25, 0.3) is 0 Å². The molecule has 0 rings (SSSR count). The van der Waals surface area contributed by atoms with E-state index in [0.717, 1.165) is 0 Å². The summed E-state index contributed by atoms with van der Waals surface area (Å²) in [6.45, 7) is 0. The molecule has 0 fully saturated rings. The molecule has 8 heavy (non-hydrogen) atoms. The van der Waals surface area contributed by atoms with Crippen molar-refractivity contribution in [1.82, 2.24) is 5.32 Å². The molecular formula is C3H7N3S2. The Morgan fingerprint density at radius 1 is 1.88 bits per heavy atom. The summed E-state index contributed by atoms with van der Waals surface area (Å²) in [6.07, 6.45) is 0. The van der Waals surface area contributed by atoms with Gasteiger partial charge in [0.1, 0.15) is 4.32 Å². The highest BCUT2D eigenvalue weighted by Gasteiger charge is 1.86. The minimum absolute atomic E-state index is 0.282. The van der Waals surface area contributed by atoms with Crippen molar-refractivity contribution in [3.8, 4) is 0 Å². The molecule has 5 heteroatoms. The fourth-order valence-corrected chi connectivity index (χ4v) is 0.385. The highest BCUT2D eigenvalue weighted by Crippen LogP contribution is 1.74. The molecule has 0 atom stereocenters. The minimum atomic E-state index is 0.282. The highest BCUT2D eigenvalue weighted by atomic mass is 32.1. The third-order valence-corrected chi connectivity index (χ3v) is 0.690. The maximum absolute atomic E-state index is 5.18. The van der Waals surface area contributed by atoms with Crippen LogP contribution in [0, 0.1) is 0 Å². The molecule has 0 bridgehead atoms. The van der Waals surface area contributed by atoms with Crippen molar-refractivity contribution in [2.24, 2.45) is 10.7 Å². The van der Waals surface area contributed by atoms with Crippen molar-refractivity contribution >= 4 is 35.1 Å². The van der Waals surface area contributed by atoms with Gasteiger partial charge in [0.05, 0.1) is 0 Å². The van der Waals surface area contributed by atoms with Gasteiger partial charge in [0.2, 0.25) is 0 Å². The number of rotatable bonds is 0. The van der Waals surface area contributed by atoms with Crippen molar-refractivity contribution in [1.29, 1.82) is 0 Å². The molecule has 0 amide bonds. The van der Waals surface area contributed by atoms with E-state index in [0.29, 0.717) is 4.32 Å². The van der Waals surface area contributed by atoms with Crippen LogP contribution in [-0.2, 0) is 0 Å². The molecule has 0 heterocycles. The lowest BCUT2D eigenvalue weighted by atomic mass is 11.0. The fraction of sp³-hybridized carbons (Fsp3) is 0.333. The van der Waals surface area contributed by atoms with E-state index < -0.39 is 0 Å². The Labute approximate surface area is 58.8 Å². The standard InChI is InChI=1S/C3H7N3S2/c1-5-2(4)6-3(7)8/h1H3,(H4,4,5,6,7,8). The van der Waals surface area contributed by atoms with Crippen molar-refractivity contribution in [3.63, 3.8) is 0 Å². The Hall–Kier alpha value is -0.290. The van der Waals surface area contributed by atoms with Crippen LogP contribution in [-0.4, -0.2) is 17.3 Å². The van der Waals surface area contributed by atoms with Crippen LogP contribution in [0.15, 0.2) is 4.99 Å². The maximum Gasteiger partial charge on any atom is 0.193 e. The molecule has 0 saturated heterocycles. The van der Waals surface area contributed by atoms with Gasteiger partial charge in [-0.1, -0.05) is 12.2 Å². The molecule has 0 aromatic rings. The maximum atomic E-state index is 5.18. The Morgan fingerprint density at radius 3 is 2.50 bits per heavy atom. The zero-order valence-electron chi connectivity index (χ0n) is 4.38. The number of aliphatic imine (C=N–C) groups is 1. The number of nitrogens with two attached hydrogens (primary N) is 1. The quantitative estimate of drug-likeness (QED) is 0.192. The third-order valence-electron chi connectivity index (χ3n) is 0.476. The van der Waals surface area contributed by atoms with E-state index in [4.69, 9.17) is 5.73 Å². The number of thiocarbonyl (C=S) groups is 1. The van der Waals surface area contributed by atoms with Gasteiger partial charge in [-0.05, 0) is 0 Å². The fourth-order valence-electron chi connectivity index (χ4n) is 0.165. The van der Waals surface area contributed by atoms with Crippen molar-refractivity contribution in [2.45, 2.75) is 0 Å². The number of thiol groups is 1. The summed E-state index contributed by atoms with van der Waals surface area (Å²) >= 11 is 8.28. The molecule has 0 unspecified atom stereocenters. The van der Waals surface area contributed by atoms with Crippen molar-refractivity contribution in [3.05, 3.63) is 0 Å². The molecule has 0 radical (unpaired) electrons. The Morgan fingerprint density at radius 2 is 2.38 bits per heavy atom. The Balaban J connectivity index is 3.56. The summed E-state index contributed by atoms with van der Waals surface area (Å²) in [7, 11) is 1.56. The molecule has 0 saturated carbocycles. The zero-order chi connectivity index (χ0) is 6.57. The summed E-state index contributed by atoms with van der Waals surface area (Å²) in [6, 6.07) is 0. The van der Waals surface area contributed by atoms with Crippen LogP contribution in [0.1, 0.15) is 0 Å². The SMILES string of the molecule is CN=C(N)NC(=S)S. The van der Waals surface area contributed by atoms with Crippen LogP contribution in [0.3, 0.4) is 0 Å². The zero-order valence-corrected chi connectivity index (χ0v) is 6.09. The molecule has 0 aliphatic heterocycles. The second kappa shape index (κ2) is 3.68. The van der Waals surface area contributed by atoms with Crippen molar-refractivity contribution < 1.29 is 0 Å². The average Bonchev–Trinajstić information content (AvgIpc) is 1.65. The van der Waals surface area contributed by atoms with Gasteiger partial charge in [-0.3, -0.25) is 4.99 Å². The van der Waals surface area contributed by atoms with Crippen molar-refractivity contribution in [2.75, 3.05) is 7.05 Å². The van der Waals surface area contributed by atoms with Crippen LogP contribution in [0.5, 0.6) is 0 Å². The lowest BCUT2D eigenvalue weighted by Gasteiger charge is -1.97. The monoisotopic (exact) mass is 149 g/mol. The first-order valence-corrected chi connectivity index (χ1v) is 2.74. The van der Waals surface area contributed by atoms with Crippen LogP contribution in [0.2, 0.25) is 0 Å². The second-order valence-electron chi connectivity index (χ2n) is 1.04. The Bertz CT molecular complexity index is 120. The van der Waals surface area contributed by atoms with Gasteiger partial charge in [-0.15, -0.1) is 12.6 Å². The summed E-state index contributed by atoms with van der Waals surface area (Å²) in [5, 5.41) is 2.52. The molecule has 3 N–H and O–H groups in total. The van der Waals surface area contributed by atoms with Gasteiger partial charge in [-0.2, -0.15) is 0 Å². The smallest absolute Gasteiger partial charge is 0.193 e. The van der Waals surface area contributed by atoms with Gasteiger partial charge in [0.15, 0.2) is 5.96 Å². The van der Waals surface area contributed by atoms with E-state index >= 15 is 0 Å². The van der Waals surface area contributed by atoms with Crippen LogP contribution < -0.4 is 11.1 Å². The first-order valence-electron chi connectivity index (χ1n) is 1.89. The molecule has 0 spiro atoms. The molecule has 0 aromatic heterocycles. The van der Waals surface area contributed by atoms with Gasteiger partial charge >= 0.3 is 0 Å². The third kappa shape index (κ3) is 3.89. The molecular weight excluding hydrogens is 142 g/mol. The molecule has 0 aromatic carbocycles. The van der Waals surface area contributed by atoms with E-state index in [1.54, 1.807) is 7.05 Å². The molecule has 46 valence electrons. The average molecular weight is 149 g/mol. The number of hydrogen-bond donors (Lipinski definition) is 3. The normalized spacial score (nSPS) is 11.0. The van der Waals surface area contributed by atoms with Gasteiger partial charge < -0.3 is 11.1 Å². The second-order valence-corrected chi connectivity index (χ2v) is 2.20. The van der Waals surface area contributed by atoms with Gasteiger partial charge in [0.25, 0.3) is 0 Å². The predicted octanol–water partition coefficient (Wildman–Crippen LogP) is -0.265. The molecule has 0 aliphatic carbocycles. The van der Waals surface area contributed by atoms with E-state index in [1.165, 1.54) is 0 Å². The topological polar surface area (TPSA) is 50.4 Å². The first kappa shape index (κ1) is 7.71. The van der Waals surface area contributed by atoms with Gasteiger partial charge in [-0.25, -0.2) is 0 Å². The summed E-state index contributed by atoms with van der Waals surface area (Å²) in [5.41, 5.74) is 5.18. The number of nitrogens with one attached hydrogen (secondary N) is 1. The van der Waals surface area contributed by atoms with E-state index in [-0.39, 0.29) is 5.96 Å². The van der Waals surface area contributed by atoms with E-state index in [1.807, 2.05) is 0 Å². The van der Waals surface area contributed by atoms with Gasteiger partial charge in [0, 0.05) is 7.05 Å². The first-order chi connectivity index (χ1) is 3.66. The highest BCUT2D eigenvalue weighted by molar-refractivity contribution is 8.11. The summed E-state index contributed by atoms with van der Waals surface area (Å²) in [5.74, 6) is 0.282. The number of nitrogens with zero attached hydrogens (tertiary/aromatic N) is 1. The number of guanidine groups is 1. The molecule has 3 nitrogen and oxygen atoms in total. The lowest BCUT2D eigenvalue weighted by molar-refractivity contribution is 1.28. The van der Waals surface area contributed by atoms with Crippen LogP contribution >= 0.6 is 24.8 Å². The summed E-state index contributed by atoms with van der Waals surface area (Å²) in [4.78, 5) is 3.58. The van der Waals surface area contributed by atoms with E-state index in [9.17, 15) is 0 Å². The number of hydrogen-bond acceptors (Lipinski definition) is 2. The molecule has 0 aliphatic rings. The summed E-state index contributed by atoms with van der Waals surface area (Å²) < 4.78 is 0.327. The minimum Gasteiger partial charge on any atom is -0.370 e. The largest absolute Gasteiger partial charge is 0.370 e. The lowest BCUT2D eigenvalue weighted by Crippen LogP contribution is -2.32. The predicted molar refractivity (Wildman–Crippen MR) is 42.3 cm³/mol.